The van der Waals surface area contributed by atoms with E-state index in [0.29, 0.717) is 0 Å². The van der Waals surface area contributed by atoms with E-state index < -0.39 is 0 Å². The summed E-state index contributed by atoms with van der Waals surface area (Å²) in [5.74, 6) is -0.246. The van der Waals surface area contributed by atoms with E-state index in [0.717, 1.165) is 47.5 Å². The van der Waals surface area contributed by atoms with Crippen molar-refractivity contribution in [2.45, 2.75) is 12.8 Å². The maximum atomic E-state index is 13.2. The number of nitrogens with one attached hydrogen (secondary N) is 2. The quantitative estimate of drug-likeness (QED) is 0.686. The second-order valence-corrected chi connectivity index (χ2v) is 5.38. The van der Waals surface area contributed by atoms with Crippen molar-refractivity contribution in [3.8, 4) is 22.4 Å². The maximum absolute atomic E-state index is 13.2. The van der Waals surface area contributed by atoms with E-state index in [1.165, 1.54) is 12.1 Å². The fraction of sp³-hybridized carbons (Fsp3) is 0.222. The first-order chi connectivity index (χ1) is 11.3. The highest BCUT2D eigenvalue weighted by molar-refractivity contribution is 5.82. The lowest BCUT2D eigenvalue weighted by Crippen LogP contribution is -2.08. The molecule has 0 unspecified atom stereocenters. The molecule has 5 heteroatoms. The van der Waals surface area contributed by atoms with Crippen LogP contribution in [0.15, 0.2) is 48.8 Å². The minimum Gasteiger partial charge on any atom is -0.320 e. The Morgan fingerprint density at radius 2 is 1.78 bits per heavy atom. The average molecular weight is 310 g/mol. The minimum absolute atomic E-state index is 0.246. The van der Waals surface area contributed by atoms with E-state index in [1.54, 1.807) is 24.5 Å². The molecule has 2 N–H and O–H groups in total. The van der Waals surface area contributed by atoms with E-state index in [4.69, 9.17) is 0 Å². The summed E-state index contributed by atoms with van der Waals surface area (Å²) in [6, 6.07) is 10.4. The number of hydrogen-bond acceptors (Lipinski definition) is 3. The third kappa shape index (κ3) is 3.46. The van der Waals surface area contributed by atoms with Gasteiger partial charge in [-0.1, -0.05) is 0 Å². The zero-order valence-corrected chi connectivity index (χ0v) is 13.0. The number of H-pyrrole nitrogens is 1. The van der Waals surface area contributed by atoms with Crippen LogP contribution in [-0.2, 0) is 6.42 Å². The first-order valence-corrected chi connectivity index (χ1v) is 7.68. The van der Waals surface area contributed by atoms with Crippen molar-refractivity contribution in [1.82, 2.24) is 20.5 Å². The molecule has 0 bridgehead atoms. The molecule has 0 amide bonds. The molecule has 0 saturated carbocycles. The Bertz CT molecular complexity index is 750. The van der Waals surface area contributed by atoms with E-state index in [1.807, 2.05) is 19.2 Å². The van der Waals surface area contributed by atoms with Crippen LogP contribution in [-0.4, -0.2) is 28.8 Å². The fourth-order valence-electron chi connectivity index (χ4n) is 2.65. The number of aryl methyl sites for hydroxylation is 1. The van der Waals surface area contributed by atoms with Crippen LogP contribution in [0, 0.1) is 5.82 Å². The highest BCUT2D eigenvalue weighted by Gasteiger charge is 2.16. The van der Waals surface area contributed by atoms with E-state index >= 15 is 0 Å². The van der Waals surface area contributed by atoms with Gasteiger partial charge in [0.25, 0.3) is 0 Å². The van der Waals surface area contributed by atoms with Gasteiger partial charge in [-0.15, -0.1) is 0 Å². The molecule has 2 heterocycles. The summed E-state index contributed by atoms with van der Waals surface area (Å²) in [6.45, 7) is 0.945. The van der Waals surface area contributed by atoms with Crippen LogP contribution < -0.4 is 5.32 Å². The van der Waals surface area contributed by atoms with E-state index in [9.17, 15) is 4.39 Å². The lowest BCUT2D eigenvalue weighted by molar-refractivity contribution is 0.628. The standard InChI is InChI=1S/C18H19FN4/c1-20-10-2-3-16-17(13-8-11-21-12-9-13)18(23-22-16)14-4-6-15(19)7-5-14/h4-9,11-12,20H,2-3,10H2,1H3,(H,22,23). The lowest BCUT2D eigenvalue weighted by atomic mass is 9.98. The van der Waals surface area contributed by atoms with Gasteiger partial charge in [0, 0.05) is 29.2 Å². The Hall–Kier alpha value is -2.53. The summed E-state index contributed by atoms with van der Waals surface area (Å²) in [4.78, 5) is 4.08. The number of benzene rings is 1. The Morgan fingerprint density at radius 1 is 1.04 bits per heavy atom. The summed E-state index contributed by atoms with van der Waals surface area (Å²) >= 11 is 0. The van der Waals surface area contributed by atoms with Crippen molar-refractivity contribution < 1.29 is 4.39 Å². The molecule has 0 radical (unpaired) electrons. The molecule has 0 aliphatic carbocycles. The first kappa shape index (κ1) is 15.4. The van der Waals surface area contributed by atoms with Gasteiger partial charge in [-0.25, -0.2) is 4.39 Å². The summed E-state index contributed by atoms with van der Waals surface area (Å²) in [6.07, 6.45) is 5.45. The third-order valence-electron chi connectivity index (χ3n) is 3.78. The molecule has 3 aromatic rings. The summed E-state index contributed by atoms with van der Waals surface area (Å²) < 4.78 is 13.2. The average Bonchev–Trinajstić information content (AvgIpc) is 3.00. The molecule has 0 fully saturated rings. The molecular formula is C18H19FN4. The molecule has 0 spiro atoms. The highest BCUT2D eigenvalue weighted by atomic mass is 19.1. The smallest absolute Gasteiger partial charge is 0.123 e. The van der Waals surface area contributed by atoms with Crippen LogP contribution in [0.2, 0.25) is 0 Å². The topological polar surface area (TPSA) is 53.6 Å². The Labute approximate surface area is 134 Å². The van der Waals surface area contributed by atoms with Gasteiger partial charge in [0.2, 0.25) is 0 Å². The van der Waals surface area contributed by atoms with Crippen molar-refractivity contribution in [3.05, 3.63) is 60.3 Å². The van der Waals surface area contributed by atoms with Crippen molar-refractivity contribution in [2.75, 3.05) is 13.6 Å². The predicted molar refractivity (Wildman–Crippen MR) is 89.5 cm³/mol. The zero-order chi connectivity index (χ0) is 16.1. The second-order valence-electron chi connectivity index (χ2n) is 5.38. The summed E-state index contributed by atoms with van der Waals surface area (Å²) in [5.41, 5.74) is 4.96. The maximum Gasteiger partial charge on any atom is 0.123 e. The molecular weight excluding hydrogens is 291 g/mol. The molecule has 1 aromatic carbocycles. The second kappa shape index (κ2) is 7.15. The van der Waals surface area contributed by atoms with Crippen LogP contribution in [0.25, 0.3) is 22.4 Å². The summed E-state index contributed by atoms with van der Waals surface area (Å²) in [7, 11) is 1.95. The zero-order valence-electron chi connectivity index (χ0n) is 13.0. The minimum atomic E-state index is -0.246. The molecule has 23 heavy (non-hydrogen) atoms. The molecule has 4 nitrogen and oxygen atoms in total. The number of nitrogens with zero attached hydrogens (tertiary/aromatic N) is 2. The molecule has 0 aliphatic heterocycles. The normalized spacial score (nSPS) is 10.9. The van der Waals surface area contributed by atoms with Crippen LogP contribution in [0.4, 0.5) is 4.39 Å². The number of rotatable bonds is 6. The number of halogens is 1. The molecule has 118 valence electrons. The van der Waals surface area contributed by atoms with Crippen LogP contribution >= 0.6 is 0 Å². The monoisotopic (exact) mass is 310 g/mol. The molecule has 0 saturated heterocycles. The van der Waals surface area contributed by atoms with Gasteiger partial charge >= 0.3 is 0 Å². The first-order valence-electron chi connectivity index (χ1n) is 7.68. The lowest BCUT2D eigenvalue weighted by Gasteiger charge is -2.07. The van der Waals surface area contributed by atoms with Crippen LogP contribution in [0.5, 0.6) is 0 Å². The fourth-order valence-corrected chi connectivity index (χ4v) is 2.65. The van der Waals surface area contributed by atoms with Gasteiger partial charge in [0.05, 0.1) is 0 Å². The van der Waals surface area contributed by atoms with E-state index in [2.05, 4.69) is 20.5 Å². The van der Waals surface area contributed by atoms with Gasteiger partial charge in [-0.3, -0.25) is 10.1 Å². The molecule has 3 rings (SSSR count). The predicted octanol–water partition coefficient (Wildman–Crippen LogP) is 3.43. The van der Waals surface area contributed by atoms with Gasteiger partial charge in [0.1, 0.15) is 11.5 Å². The number of pyridine rings is 1. The number of aromatic nitrogens is 3. The Balaban J connectivity index is 2.04. The van der Waals surface area contributed by atoms with Crippen LogP contribution in [0.1, 0.15) is 12.1 Å². The Kier molecular flexibility index (Phi) is 4.78. The summed E-state index contributed by atoms with van der Waals surface area (Å²) in [5, 5.41) is 10.8. The molecule has 0 atom stereocenters. The Morgan fingerprint density at radius 3 is 2.48 bits per heavy atom. The van der Waals surface area contributed by atoms with Crippen molar-refractivity contribution >= 4 is 0 Å². The van der Waals surface area contributed by atoms with Crippen molar-refractivity contribution in [1.29, 1.82) is 0 Å². The SMILES string of the molecule is CNCCCc1[nH]nc(-c2ccc(F)cc2)c1-c1ccncc1. The van der Waals surface area contributed by atoms with E-state index in [-0.39, 0.29) is 5.82 Å². The highest BCUT2D eigenvalue weighted by Crippen LogP contribution is 2.33. The number of aromatic amines is 1. The molecule has 0 aliphatic rings. The van der Waals surface area contributed by atoms with Crippen molar-refractivity contribution in [3.63, 3.8) is 0 Å². The molecule has 2 aromatic heterocycles. The van der Waals surface area contributed by atoms with Crippen LogP contribution in [0.3, 0.4) is 0 Å². The van der Waals surface area contributed by atoms with Gasteiger partial charge in [-0.05, 0) is 68.4 Å². The number of hydrogen-bond donors (Lipinski definition) is 2. The largest absolute Gasteiger partial charge is 0.320 e. The van der Waals surface area contributed by atoms with Crippen molar-refractivity contribution in [2.24, 2.45) is 0 Å². The van der Waals surface area contributed by atoms with Gasteiger partial charge < -0.3 is 5.32 Å². The third-order valence-corrected chi connectivity index (χ3v) is 3.78. The van der Waals surface area contributed by atoms with Gasteiger partial charge in [0.15, 0.2) is 0 Å². The van der Waals surface area contributed by atoms with Gasteiger partial charge in [-0.2, -0.15) is 5.10 Å².